The summed E-state index contributed by atoms with van der Waals surface area (Å²) in [6, 6.07) is 9.90. The number of methoxy groups -OCH3 is 1. The molecule has 4 heteroatoms. The molecule has 0 aliphatic carbocycles. The Morgan fingerprint density at radius 2 is 2.14 bits per heavy atom. The van der Waals surface area contributed by atoms with Gasteiger partial charge in [0.05, 0.1) is 6.61 Å². The predicted octanol–water partition coefficient (Wildman–Crippen LogP) is 2.40. The van der Waals surface area contributed by atoms with Crippen LogP contribution in [0.5, 0.6) is 0 Å². The Morgan fingerprint density at radius 1 is 1.38 bits per heavy atom. The molecule has 0 saturated carbocycles. The van der Waals surface area contributed by atoms with E-state index in [4.69, 9.17) is 4.74 Å². The second kappa shape index (κ2) is 8.15. The Kier molecular flexibility index (Phi) is 6.21. The number of carbonyl (C=O) groups is 1. The zero-order chi connectivity index (χ0) is 15.1. The first-order valence-electron chi connectivity index (χ1n) is 7.81. The van der Waals surface area contributed by atoms with Crippen molar-refractivity contribution >= 4 is 11.6 Å². The molecule has 0 aromatic heterocycles. The fourth-order valence-corrected chi connectivity index (χ4v) is 2.99. The van der Waals surface area contributed by atoms with Gasteiger partial charge in [-0.1, -0.05) is 18.2 Å². The van der Waals surface area contributed by atoms with Crippen molar-refractivity contribution in [2.75, 3.05) is 44.8 Å². The van der Waals surface area contributed by atoms with Crippen LogP contribution in [-0.4, -0.2) is 50.7 Å². The van der Waals surface area contributed by atoms with E-state index < -0.39 is 0 Å². The summed E-state index contributed by atoms with van der Waals surface area (Å²) in [5, 5.41) is 0. The minimum absolute atomic E-state index is 0.207. The van der Waals surface area contributed by atoms with Gasteiger partial charge in [0, 0.05) is 38.9 Å². The van der Waals surface area contributed by atoms with Gasteiger partial charge in [0.15, 0.2) is 0 Å². The van der Waals surface area contributed by atoms with Crippen LogP contribution >= 0.6 is 0 Å². The van der Waals surface area contributed by atoms with Crippen molar-refractivity contribution < 1.29 is 9.53 Å². The molecule has 0 unspecified atom stereocenters. The monoisotopic (exact) mass is 290 g/mol. The van der Waals surface area contributed by atoms with E-state index in [2.05, 4.69) is 4.90 Å². The van der Waals surface area contributed by atoms with Crippen LogP contribution in [0, 0.1) is 5.92 Å². The van der Waals surface area contributed by atoms with Crippen LogP contribution < -0.4 is 4.90 Å². The molecule has 0 spiro atoms. The molecule has 1 aliphatic heterocycles. The predicted molar refractivity (Wildman–Crippen MR) is 85.5 cm³/mol. The van der Waals surface area contributed by atoms with Crippen molar-refractivity contribution in [2.24, 2.45) is 5.92 Å². The molecule has 1 amide bonds. The topological polar surface area (TPSA) is 32.8 Å². The van der Waals surface area contributed by atoms with Gasteiger partial charge in [0.2, 0.25) is 5.91 Å². The van der Waals surface area contributed by atoms with E-state index in [1.54, 1.807) is 7.11 Å². The van der Waals surface area contributed by atoms with E-state index in [0.29, 0.717) is 12.3 Å². The number of carbonyl (C=O) groups excluding carboxylic acids is 1. The minimum Gasteiger partial charge on any atom is -0.384 e. The summed E-state index contributed by atoms with van der Waals surface area (Å²) < 4.78 is 5.21. The number of anilines is 1. The number of likely N-dealkylation sites (tertiary alicyclic amines) is 1. The van der Waals surface area contributed by atoms with Crippen molar-refractivity contribution in [1.82, 2.24) is 4.90 Å². The van der Waals surface area contributed by atoms with Crippen LogP contribution in [0.3, 0.4) is 0 Å². The molecule has 0 radical (unpaired) electrons. The van der Waals surface area contributed by atoms with Crippen molar-refractivity contribution in [3.63, 3.8) is 0 Å². The Labute approximate surface area is 127 Å². The zero-order valence-corrected chi connectivity index (χ0v) is 13.1. The number of para-hydroxylation sites is 1. The van der Waals surface area contributed by atoms with Gasteiger partial charge in [-0.25, -0.2) is 0 Å². The first-order valence-corrected chi connectivity index (χ1v) is 7.81. The number of hydrogen-bond acceptors (Lipinski definition) is 3. The summed E-state index contributed by atoms with van der Waals surface area (Å²) in [6.45, 7) is 6.56. The lowest BCUT2D eigenvalue weighted by Crippen LogP contribution is -2.34. The van der Waals surface area contributed by atoms with E-state index in [1.807, 2.05) is 42.2 Å². The Bertz CT molecular complexity index is 436. The van der Waals surface area contributed by atoms with Gasteiger partial charge in [0.25, 0.3) is 0 Å². The molecule has 4 nitrogen and oxygen atoms in total. The van der Waals surface area contributed by atoms with Gasteiger partial charge >= 0.3 is 0 Å². The SMILES string of the molecule is CCN(C(=O)CCN1CC[C@@H](COC)C1)c1ccccc1. The lowest BCUT2D eigenvalue weighted by atomic mass is 10.1. The van der Waals surface area contributed by atoms with E-state index in [9.17, 15) is 4.79 Å². The van der Waals surface area contributed by atoms with Gasteiger partial charge in [-0.05, 0) is 37.9 Å². The Hall–Kier alpha value is -1.39. The average molecular weight is 290 g/mol. The van der Waals surface area contributed by atoms with Crippen LogP contribution in [0.2, 0.25) is 0 Å². The summed E-state index contributed by atoms with van der Waals surface area (Å²) in [7, 11) is 1.76. The summed E-state index contributed by atoms with van der Waals surface area (Å²) in [5.41, 5.74) is 0.990. The molecule has 21 heavy (non-hydrogen) atoms. The first kappa shape index (κ1) is 16.0. The highest BCUT2D eigenvalue weighted by Crippen LogP contribution is 2.18. The van der Waals surface area contributed by atoms with Gasteiger partial charge in [-0.2, -0.15) is 0 Å². The molecule has 0 N–H and O–H groups in total. The maximum atomic E-state index is 12.4. The summed E-state index contributed by atoms with van der Waals surface area (Å²) in [4.78, 5) is 16.7. The molecule has 1 aliphatic rings. The number of nitrogens with zero attached hydrogens (tertiary/aromatic N) is 2. The fraction of sp³-hybridized carbons (Fsp3) is 0.588. The third kappa shape index (κ3) is 4.55. The molecule has 2 rings (SSSR count). The van der Waals surface area contributed by atoms with Crippen LogP contribution in [0.1, 0.15) is 19.8 Å². The largest absolute Gasteiger partial charge is 0.384 e. The van der Waals surface area contributed by atoms with Crippen LogP contribution in [0.25, 0.3) is 0 Å². The quantitative estimate of drug-likeness (QED) is 0.773. The Balaban J connectivity index is 1.81. The van der Waals surface area contributed by atoms with Crippen molar-refractivity contribution in [3.8, 4) is 0 Å². The molecule has 116 valence electrons. The van der Waals surface area contributed by atoms with E-state index in [-0.39, 0.29) is 5.91 Å². The first-order chi connectivity index (χ1) is 10.2. The molecule has 1 saturated heterocycles. The minimum atomic E-state index is 0.207. The highest BCUT2D eigenvalue weighted by Gasteiger charge is 2.23. The smallest absolute Gasteiger partial charge is 0.228 e. The Morgan fingerprint density at radius 3 is 2.81 bits per heavy atom. The van der Waals surface area contributed by atoms with Gasteiger partial charge in [-0.15, -0.1) is 0 Å². The van der Waals surface area contributed by atoms with Crippen molar-refractivity contribution in [3.05, 3.63) is 30.3 Å². The second-order valence-corrected chi connectivity index (χ2v) is 5.63. The van der Waals surface area contributed by atoms with Crippen LogP contribution in [0.4, 0.5) is 5.69 Å². The lowest BCUT2D eigenvalue weighted by Gasteiger charge is -2.23. The highest BCUT2D eigenvalue weighted by molar-refractivity contribution is 5.93. The number of amides is 1. The number of benzene rings is 1. The summed E-state index contributed by atoms with van der Waals surface area (Å²) >= 11 is 0. The maximum absolute atomic E-state index is 12.4. The van der Waals surface area contributed by atoms with E-state index >= 15 is 0 Å². The second-order valence-electron chi connectivity index (χ2n) is 5.63. The summed E-state index contributed by atoms with van der Waals surface area (Å²) in [5.74, 6) is 0.834. The van der Waals surface area contributed by atoms with Crippen LogP contribution in [-0.2, 0) is 9.53 Å². The van der Waals surface area contributed by atoms with E-state index in [0.717, 1.165) is 38.5 Å². The number of ether oxygens (including phenoxy) is 1. The number of rotatable bonds is 7. The molecule has 1 fully saturated rings. The molecule has 1 aromatic carbocycles. The number of hydrogen-bond donors (Lipinski definition) is 0. The molecule has 0 bridgehead atoms. The van der Waals surface area contributed by atoms with Gasteiger partial charge < -0.3 is 14.5 Å². The van der Waals surface area contributed by atoms with Gasteiger partial charge in [0.1, 0.15) is 0 Å². The van der Waals surface area contributed by atoms with Crippen LogP contribution in [0.15, 0.2) is 30.3 Å². The van der Waals surface area contributed by atoms with Crippen molar-refractivity contribution in [1.29, 1.82) is 0 Å². The van der Waals surface area contributed by atoms with Gasteiger partial charge in [-0.3, -0.25) is 4.79 Å². The van der Waals surface area contributed by atoms with E-state index in [1.165, 1.54) is 6.42 Å². The maximum Gasteiger partial charge on any atom is 0.228 e. The molecule has 1 aromatic rings. The lowest BCUT2D eigenvalue weighted by molar-refractivity contribution is -0.118. The zero-order valence-electron chi connectivity index (χ0n) is 13.1. The third-order valence-corrected chi connectivity index (χ3v) is 4.10. The average Bonchev–Trinajstić information content (AvgIpc) is 2.95. The molecule has 1 atom stereocenters. The summed E-state index contributed by atoms with van der Waals surface area (Å²) in [6.07, 6.45) is 1.76. The molecular weight excluding hydrogens is 264 g/mol. The highest BCUT2D eigenvalue weighted by atomic mass is 16.5. The molecular formula is C17H26N2O2. The fourth-order valence-electron chi connectivity index (χ4n) is 2.99. The standard InChI is InChI=1S/C17H26N2O2/c1-3-19(16-7-5-4-6-8-16)17(20)10-12-18-11-9-15(13-18)14-21-2/h4-8,15H,3,9-14H2,1-2H3/t15-/m1/s1. The third-order valence-electron chi connectivity index (χ3n) is 4.10. The normalized spacial score (nSPS) is 18.9. The molecule has 1 heterocycles. The van der Waals surface area contributed by atoms with Crippen molar-refractivity contribution in [2.45, 2.75) is 19.8 Å².